The second-order valence-electron chi connectivity index (χ2n) is 2.80. The van der Waals surface area contributed by atoms with E-state index in [4.69, 9.17) is 0 Å². The Balaban J connectivity index is 5.88. The van der Waals surface area contributed by atoms with Crippen molar-refractivity contribution < 1.29 is 43.9 Å². The first-order chi connectivity index (χ1) is 7.60. The lowest BCUT2D eigenvalue weighted by Crippen LogP contribution is -2.61. The van der Waals surface area contributed by atoms with Crippen LogP contribution in [0.2, 0.25) is 0 Å². The van der Waals surface area contributed by atoms with Crippen molar-refractivity contribution in [2.75, 3.05) is 0 Å². The first-order valence-corrected chi connectivity index (χ1v) is 4.27. The molecule has 0 amide bonds. The van der Waals surface area contributed by atoms with E-state index in [9.17, 15) is 43.9 Å². The molecule has 0 saturated carbocycles. The van der Waals surface area contributed by atoms with Gasteiger partial charge in [-0.25, -0.2) is 0 Å². The Morgan fingerprint density at radius 3 is 1.22 bits per heavy atom. The van der Waals surface area contributed by atoms with E-state index in [0.29, 0.717) is 0 Å². The van der Waals surface area contributed by atoms with E-state index in [1.54, 1.807) is 0 Å². The molecule has 0 saturated heterocycles. The average Bonchev–Trinajstić information content (AvgIpc) is 2.13. The molecule has 0 fully saturated rings. The molecule has 0 aliphatic rings. The van der Waals surface area contributed by atoms with Crippen molar-refractivity contribution in [1.29, 1.82) is 0 Å². The zero-order valence-electron chi connectivity index (χ0n) is 7.54. The lowest BCUT2D eigenvalue weighted by atomic mass is 10.0. The third-order valence-corrected chi connectivity index (χ3v) is 2.28. The lowest BCUT2D eigenvalue weighted by Gasteiger charge is -2.33. The normalized spacial score (nSPS) is 16.7. The van der Waals surface area contributed by atoms with E-state index in [1.165, 1.54) is 0 Å². The lowest BCUT2D eigenvalue weighted by molar-refractivity contribution is -0.389. The molecule has 0 unspecified atom stereocenters. The maximum atomic E-state index is 12.6. The smallest absolute Gasteiger partial charge is 0.193 e. The molecule has 0 heterocycles. The fourth-order valence-corrected chi connectivity index (χ4v) is 0.869. The Kier molecular flexibility index (Phi) is 4.52. The van der Waals surface area contributed by atoms with Gasteiger partial charge >= 0.3 is 23.9 Å². The maximum absolute atomic E-state index is 12.6. The monoisotopic (exact) mass is 332 g/mol. The molecular weight excluding hydrogens is 333 g/mol. The predicted octanol–water partition coefficient (Wildman–Crippen LogP) is 5.07. The van der Waals surface area contributed by atoms with Crippen molar-refractivity contribution >= 4 is 23.2 Å². The van der Waals surface area contributed by atoms with Gasteiger partial charge in [-0.3, -0.25) is 0 Å². The van der Waals surface area contributed by atoms with E-state index < -0.39 is 34.3 Å². The number of alkyl halides is 9. The molecule has 108 valence electrons. The van der Waals surface area contributed by atoms with Crippen molar-refractivity contribution in [3.05, 3.63) is 10.3 Å². The minimum Gasteiger partial charge on any atom is -0.193 e. The number of hydrogen-bond donors (Lipinski definition) is 0. The number of hydrogen-bond acceptors (Lipinski definition) is 0. The van der Waals surface area contributed by atoms with Gasteiger partial charge in [0.05, 0.1) is 0 Å². The van der Waals surface area contributed by atoms with Crippen molar-refractivity contribution in [1.82, 2.24) is 0 Å². The van der Waals surface area contributed by atoms with Crippen LogP contribution >= 0.6 is 23.2 Å². The Bertz CT molecular complexity index is 350. The highest BCUT2D eigenvalue weighted by Gasteiger charge is 2.82. The minimum absolute atomic E-state index is 2.74. The zero-order chi connectivity index (χ0) is 15.2. The van der Waals surface area contributed by atoms with Crippen LogP contribution in [0, 0.1) is 0 Å². The standard InChI is InChI=1S/C6Cl2F10/c7-1(2(8)9)3(10,11)4(12,13)5(14,15)6(16,17)18. The first-order valence-electron chi connectivity index (χ1n) is 3.52. The maximum Gasteiger partial charge on any atom is 0.460 e. The molecule has 0 nitrogen and oxygen atoms in total. The summed E-state index contributed by atoms with van der Waals surface area (Å²) in [5.41, 5.74) is 0. The van der Waals surface area contributed by atoms with Gasteiger partial charge in [0.25, 0.3) is 0 Å². The third kappa shape index (κ3) is 2.49. The number of rotatable bonds is 3. The second kappa shape index (κ2) is 4.62. The van der Waals surface area contributed by atoms with Crippen LogP contribution in [0.3, 0.4) is 0 Å². The molecule has 0 bridgehead atoms. The molecule has 0 aliphatic heterocycles. The average molecular weight is 333 g/mol. The molecule has 0 atom stereocenters. The Labute approximate surface area is 102 Å². The predicted molar refractivity (Wildman–Crippen MR) is 40.7 cm³/mol. The Hall–Kier alpha value is -0.380. The molecule has 0 aromatic heterocycles. The Morgan fingerprint density at radius 1 is 0.667 bits per heavy atom. The van der Waals surface area contributed by atoms with Crippen LogP contribution in [0.1, 0.15) is 0 Å². The summed E-state index contributed by atoms with van der Waals surface area (Å²) in [6.07, 6.45) is -7.00. The third-order valence-electron chi connectivity index (χ3n) is 1.59. The van der Waals surface area contributed by atoms with Gasteiger partial charge in [0, 0.05) is 0 Å². The quantitative estimate of drug-likeness (QED) is 0.633. The number of halogens is 12. The van der Waals surface area contributed by atoms with E-state index in [2.05, 4.69) is 23.2 Å². The van der Waals surface area contributed by atoms with E-state index in [1.807, 2.05) is 0 Å². The summed E-state index contributed by atoms with van der Waals surface area (Å²) in [5, 5.41) is -5.70. The summed E-state index contributed by atoms with van der Waals surface area (Å²) in [4.78, 5) is 0. The van der Waals surface area contributed by atoms with Gasteiger partial charge in [0.15, 0.2) is 0 Å². The van der Waals surface area contributed by atoms with Crippen LogP contribution in [-0.2, 0) is 0 Å². The van der Waals surface area contributed by atoms with Crippen molar-refractivity contribution in [2.45, 2.75) is 23.9 Å². The molecule has 0 aliphatic carbocycles. The summed E-state index contributed by atoms with van der Waals surface area (Å²) in [6.45, 7) is 0. The van der Waals surface area contributed by atoms with Crippen molar-refractivity contribution in [3.8, 4) is 0 Å². The highest BCUT2D eigenvalue weighted by atomic mass is 35.5. The van der Waals surface area contributed by atoms with Crippen LogP contribution in [-0.4, -0.2) is 23.9 Å². The molecule has 0 aromatic carbocycles. The van der Waals surface area contributed by atoms with Crippen LogP contribution in [0.25, 0.3) is 0 Å². The van der Waals surface area contributed by atoms with Gasteiger partial charge in [-0.15, -0.1) is 0 Å². The van der Waals surface area contributed by atoms with Gasteiger partial charge in [-0.1, -0.05) is 11.6 Å². The van der Waals surface area contributed by atoms with Crippen LogP contribution in [0.4, 0.5) is 43.9 Å². The highest BCUT2D eigenvalue weighted by molar-refractivity contribution is 6.38. The molecular formula is C6Cl2F10. The second-order valence-corrected chi connectivity index (χ2v) is 3.51. The van der Waals surface area contributed by atoms with Gasteiger partial charge in [0.1, 0.15) is 5.03 Å². The summed E-state index contributed by atoms with van der Waals surface area (Å²) >= 11 is 8.31. The van der Waals surface area contributed by atoms with Gasteiger partial charge in [0.2, 0.25) is 5.29 Å². The molecule has 0 N–H and O–H groups in total. The van der Waals surface area contributed by atoms with Crippen LogP contribution in [0.5, 0.6) is 0 Å². The van der Waals surface area contributed by atoms with Gasteiger partial charge in [-0.05, 0) is 11.6 Å². The largest absolute Gasteiger partial charge is 0.460 e. The minimum atomic E-state index is -7.14. The van der Waals surface area contributed by atoms with E-state index in [0.717, 1.165) is 0 Å². The van der Waals surface area contributed by atoms with Crippen LogP contribution in [0.15, 0.2) is 10.3 Å². The molecule has 0 aromatic rings. The summed E-state index contributed by atoms with van der Waals surface area (Å²) in [6, 6.07) is 0. The van der Waals surface area contributed by atoms with Gasteiger partial charge in [-0.2, -0.15) is 43.9 Å². The molecule has 0 spiro atoms. The summed E-state index contributed by atoms with van der Waals surface area (Å²) in [5.74, 6) is -20.5. The zero-order valence-corrected chi connectivity index (χ0v) is 9.05. The first kappa shape index (κ1) is 17.6. The van der Waals surface area contributed by atoms with Crippen molar-refractivity contribution in [3.63, 3.8) is 0 Å². The molecule has 18 heavy (non-hydrogen) atoms. The SMILES string of the molecule is FC(Cl)=C(Cl)C(F)(F)C(F)(F)C(F)(F)C(F)(F)F. The fourth-order valence-electron chi connectivity index (χ4n) is 0.632. The summed E-state index contributed by atoms with van der Waals surface area (Å²) in [7, 11) is 0. The van der Waals surface area contributed by atoms with Crippen LogP contribution < -0.4 is 0 Å². The van der Waals surface area contributed by atoms with Gasteiger partial charge < -0.3 is 0 Å². The van der Waals surface area contributed by atoms with Crippen molar-refractivity contribution in [2.24, 2.45) is 0 Å². The number of allylic oxidation sites excluding steroid dienone is 1. The fraction of sp³-hybridized carbons (Fsp3) is 0.667. The van der Waals surface area contributed by atoms with E-state index in [-0.39, 0.29) is 0 Å². The highest BCUT2D eigenvalue weighted by Crippen LogP contribution is 2.56. The summed E-state index contributed by atoms with van der Waals surface area (Å²) < 4.78 is 121. The van der Waals surface area contributed by atoms with E-state index >= 15 is 0 Å². The topological polar surface area (TPSA) is 0 Å². The molecule has 0 rings (SSSR count). The molecule has 0 radical (unpaired) electrons. The molecule has 12 heteroatoms. The Morgan fingerprint density at radius 2 is 1.00 bits per heavy atom.